The Labute approximate surface area is 112 Å². The zero-order valence-electron chi connectivity index (χ0n) is 11.1. The van der Waals surface area contributed by atoms with Crippen molar-refractivity contribution in [3.8, 4) is 0 Å². The van der Waals surface area contributed by atoms with E-state index in [-0.39, 0.29) is 18.6 Å². The van der Waals surface area contributed by atoms with Crippen molar-refractivity contribution in [2.45, 2.75) is 32.2 Å². The maximum Gasteiger partial charge on any atom is 0.254 e. The molecule has 0 aliphatic carbocycles. The van der Waals surface area contributed by atoms with Gasteiger partial charge in [0.15, 0.2) is 0 Å². The molecule has 1 aromatic rings. The number of anilines is 1. The molecule has 19 heavy (non-hydrogen) atoms. The van der Waals surface area contributed by atoms with E-state index in [0.29, 0.717) is 17.9 Å². The van der Waals surface area contributed by atoms with E-state index in [0.717, 1.165) is 25.0 Å². The van der Waals surface area contributed by atoms with Crippen molar-refractivity contribution in [2.24, 2.45) is 5.84 Å². The number of nitrogen functional groups attached to an aromatic ring is 1. The third-order valence-corrected chi connectivity index (χ3v) is 3.48. The Morgan fingerprint density at radius 2 is 2.42 bits per heavy atom. The first-order valence-corrected chi connectivity index (χ1v) is 6.59. The molecule has 6 heteroatoms. The molecular weight excluding hydrogens is 244 g/mol. The van der Waals surface area contributed by atoms with Gasteiger partial charge in [-0.1, -0.05) is 6.92 Å². The molecule has 0 aromatic carbocycles. The highest BCUT2D eigenvalue weighted by Gasteiger charge is 2.29. The molecule has 1 amide bonds. The second kappa shape index (κ2) is 5.99. The molecule has 0 radical (unpaired) electrons. The summed E-state index contributed by atoms with van der Waals surface area (Å²) >= 11 is 0. The van der Waals surface area contributed by atoms with Crippen LogP contribution in [0.2, 0.25) is 0 Å². The average molecular weight is 264 g/mol. The van der Waals surface area contributed by atoms with Crippen molar-refractivity contribution in [1.82, 2.24) is 9.88 Å². The van der Waals surface area contributed by atoms with E-state index < -0.39 is 0 Å². The molecule has 4 N–H and O–H groups in total. The Balaban J connectivity index is 2.27. The van der Waals surface area contributed by atoms with Crippen LogP contribution in [-0.4, -0.2) is 40.1 Å². The lowest BCUT2D eigenvalue weighted by molar-refractivity contribution is 0.0677. The van der Waals surface area contributed by atoms with Crippen LogP contribution in [0, 0.1) is 0 Å². The number of likely N-dealkylation sites (tertiary alicyclic amines) is 1. The molecule has 1 unspecified atom stereocenters. The van der Waals surface area contributed by atoms with Gasteiger partial charge in [0.1, 0.15) is 5.82 Å². The van der Waals surface area contributed by atoms with Crippen molar-refractivity contribution in [2.75, 3.05) is 18.6 Å². The molecule has 0 spiro atoms. The van der Waals surface area contributed by atoms with E-state index in [4.69, 9.17) is 5.84 Å². The van der Waals surface area contributed by atoms with Gasteiger partial charge in [0.25, 0.3) is 5.91 Å². The molecule has 1 aliphatic heterocycles. The number of amides is 1. The minimum absolute atomic E-state index is 0.0133. The first-order valence-electron chi connectivity index (χ1n) is 6.59. The summed E-state index contributed by atoms with van der Waals surface area (Å²) in [5.41, 5.74) is 3.87. The summed E-state index contributed by atoms with van der Waals surface area (Å²) in [5.74, 6) is 5.80. The van der Waals surface area contributed by atoms with E-state index in [1.165, 1.54) is 0 Å². The Morgan fingerprint density at radius 1 is 1.63 bits per heavy atom. The number of rotatable bonds is 4. The predicted octanol–water partition coefficient (Wildman–Crippen LogP) is 0.526. The van der Waals surface area contributed by atoms with Gasteiger partial charge in [0, 0.05) is 17.8 Å². The smallest absolute Gasteiger partial charge is 0.254 e. The van der Waals surface area contributed by atoms with Crippen LogP contribution < -0.4 is 11.3 Å². The lowest BCUT2D eigenvalue weighted by Gasteiger charge is -2.23. The molecule has 2 rings (SSSR count). The largest absolute Gasteiger partial charge is 0.394 e. The van der Waals surface area contributed by atoms with Crippen LogP contribution in [-0.2, 0) is 6.42 Å². The zero-order valence-corrected chi connectivity index (χ0v) is 11.1. The highest BCUT2D eigenvalue weighted by Crippen LogP contribution is 2.21. The highest BCUT2D eigenvalue weighted by atomic mass is 16.3. The van der Waals surface area contributed by atoms with E-state index in [1.807, 2.05) is 6.92 Å². The molecular formula is C13H20N4O2. The number of hydrazine groups is 1. The Kier molecular flexibility index (Phi) is 4.34. The normalized spacial score (nSPS) is 18.7. The highest BCUT2D eigenvalue weighted by molar-refractivity contribution is 5.95. The maximum absolute atomic E-state index is 12.5. The van der Waals surface area contributed by atoms with Gasteiger partial charge < -0.3 is 15.4 Å². The monoisotopic (exact) mass is 264 g/mol. The van der Waals surface area contributed by atoms with Gasteiger partial charge in [-0.25, -0.2) is 10.8 Å². The number of nitrogens with one attached hydrogen (secondary N) is 1. The van der Waals surface area contributed by atoms with Gasteiger partial charge in [0.05, 0.1) is 12.6 Å². The maximum atomic E-state index is 12.5. The van der Waals surface area contributed by atoms with Gasteiger partial charge in [-0.15, -0.1) is 0 Å². The fraction of sp³-hybridized carbons (Fsp3) is 0.538. The minimum atomic E-state index is -0.0694. The number of nitrogens with zero attached hydrogens (tertiary/aromatic N) is 2. The minimum Gasteiger partial charge on any atom is -0.394 e. The predicted molar refractivity (Wildman–Crippen MR) is 72.6 cm³/mol. The number of hydrogen-bond donors (Lipinski definition) is 3. The van der Waals surface area contributed by atoms with Crippen LogP contribution in [0.15, 0.2) is 12.1 Å². The molecule has 1 fully saturated rings. The third-order valence-electron chi connectivity index (χ3n) is 3.48. The van der Waals surface area contributed by atoms with Crippen molar-refractivity contribution in [3.63, 3.8) is 0 Å². The number of pyridine rings is 1. The fourth-order valence-corrected chi connectivity index (χ4v) is 2.42. The van der Waals surface area contributed by atoms with Gasteiger partial charge in [0.2, 0.25) is 0 Å². The van der Waals surface area contributed by atoms with E-state index in [1.54, 1.807) is 17.0 Å². The second-order valence-electron chi connectivity index (χ2n) is 4.71. The molecule has 0 bridgehead atoms. The lowest BCUT2D eigenvalue weighted by atomic mass is 10.1. The van der Waals surface area contributed by atoms with Crippen LogP contribution in [0.25, 0.3) is 0 Å². The number of carbonyl (C=O) groups is 1. The van der Waals surface area contributed by atoms with Crippen LogP contribution >= 0.6 is 0 Å². The Hall–Kier alpha value is -1.66. The summed E-state index contributed by atoms with van der Waals surface area (Å²) in [6, 6.07) is 3.37. The summed E-state index contributed by atoms with van der Waals surface area (Å²) in [6.07, 6.45) is 2.53. The third kappa shape index (κ3) is 2.85. The number of aromatic nitrogens is 1. The summed E-state index contributed by atoms with van der Waals surface area (Å²) in [7, 11) is 0. The van der Waals surface area contributed by atoms with E-state index >= 15 is 0 Å². The first kappa shape index (κ1) is 13.8. The quantitative estimate of drug-likeness (QED) is 0.545. The van der Waals surface area contributed by atoms with E-state index in [2.05, 4.69) is 10.4 Å². The molecule has 2 heterocycles. The molecule has 1 atom stereocenters. The SMILES string of the molecule is CCc1cc(C(=O)N2CCCC2CO)cc(NN)n1. The van der Waals surface area contributed by atoms with Gasteiger partial charge in [-0.05, 0) is 31.4 Å². The van der Waals surface area contributed by atoms with Crippen molar-refractivity contribution < 1.29 is 9.90 Å². The Bertz CT molecular complexity index is 442. The van der Waals surface area contributed by atoms with Crippen molar-refractivity contribution in [1.29, 1.82) is 0 Å². The van der Waals surface area contributed by atoms with Gasteiger partial charge >= 0.3 is 0 Å². The standard InChI is InChI=1S/C13H20N4O2/c1-2-10-6-9(7-12(15-10)16-14)13(19)17-5-3-4-11(17)8-18/h6-7,11,18H,2-5,8,14H2,1H3,(H,15,16). The lowest BCUT2D eigenvalue weighted by Crippen LogP contribution is -2.37. The topological polar surface area (TPSA) is 91.5 Å². The average Bonchev–Trinajstić information content (AvgIpc) is 2.94. The van der Waals surface area contributed by atoms with Crippen LogP contribution in [0.4, 0.5) is 5.82 Å². The molecule has 1 saturated heterocycles. The van der Waals surface area contributed by atoms with Gasteiger partial charge in [-0.3, -0.25) is 4.79 Å². The molecule has 1 aromatic heterocycles. The molecule has 1 aliphatic rings. The van der Waals surface area contributed by atoms with Crippen LogP contribution in [0.3, 0.4) is 0 Å². The summed E-state index contributed by atoms with van der Waals surface area (Å²) in [5, 5.41) is 9.30. The summed E-state index contributed by atoms with van der Waals surface area (Å²) in [6.45, 7) is 2.68. The number of carbonyl (C=O) groups excluding carboxylic acids is 1. The van der Waals surface area contributed by atoms with E-state index in [9.17, 15) is 9.90 Å². The molecule has 104 valence electrons. The fourth-order valence-electron chi connectivity index (χ4n) is 2.42. The molecule has 6 nitrogen and oxygen atoms in total. The van der Waals surface area contributed by atoms with Crippen molar-refractivity contribution >= 4 is 11.7 Å². The number of nitrogens with two attached hydrogens (primary N) is 1. The van der Waals surface area contributed by atoms with Gasteiger partial charge in [-0.2, -0.15) is 0 Å². The number of aryl methyl sites for hydroxylation is 1. The van der Waals surface area contributed by atoms with Crippen LogP contribution in [0.5, 0.6) is 0 Å². The number of aliphatic hydroxyl groups is 1. The summed E-state index contributed by atoms with van der Waals surface area (Å²) in [4.78, 5) is 18.5. The molecule has 0 saturated carbocycles. The van der Waals surface area contributed by atoms with Crippen molar-refractivity contribution in [3.05, 3.63) is 23.4 Å². The first-order chi connectivity index (χ1) is 9.19. The summed E-state index contributed by atoms with van der Waals surface area (Å²) < 4.78 is 0. The Morgan fingerprint density at radius 3 is 3.05 bits per heavy atom. The zero-order chi connectivity index (χ0) is 13.8. The van der Waals surface area contributed by atoms with Crippen LogP contribution in [0.1, 0.15) is 35.8 Å². The number of aliphatic hydroxyl groups excluding tert-OH is 1. The second-order valence-corrected chi connectivity index (χ2v) is 4.71. The number of hydrogen-bond acceptors (Lipinski definition) is 5.